The number of nitrogens with zero attached hydrogens (tertiary/aromatic N) is 1. The predicted octanol–water partition coefficient (Wildman–Crippen LogP) is 1.15. The average Bonchev–Trinajstić information content (AvgIpc) is 2.43. The number of rotatable bonds is 4. The van der Waals surface area contributed by atoms with Gasteiger partial charge in [-0.1, -0.05) is 0 Å². The van der Waals surface area contributed by atoms with E-state index in [0.717, 1.165) is 10.6 Å². The molecule has 0 bridgehead atoms. The van der Waals surface area contributed by atoms with Gasteiger partial charge >= 0.3 is 6.03 Å². The Balaban J connectivity index is 2.47. The van der Waals surface area contributed by atoms with Gasteiger partial charge in [-0.3, -0.25) is 10.1 Å². The van der Waals surface area contributed by atoms with E-state index in [-0.39, 0.29) is 18.5 Å². The Hall–Kier alpha value is -1.63. The molecule has 0 aliphatic carbocycles. The van der Waals surface area contributed by atoms with Crippen molar-refractivity contribution in [3.05, 3.63) is 10.6 Å². The Bertz CT molecular complexity index is 410. The highest BCUT2D eigenvalue weighted by Crippen LogP contribution is 2.20. The fourth-order valence-electron chi connectivity index (χ4n) is 1.24. The third-order valence-electron chi connectivity index (χ3n) is 2.13. The lowest BCUT2D eigenvalue weighted by Crippen LogP contribution is -2.38. The van der Waals surface area contributed by atoms with Crippen LogP contribution in [0.4, 0.5) is 9.93 Å². The smallest absolute Gasteiger partial charge is 0.321 e. The Labute approximate surface area is 104 Å². The van der Waals surface area contributed by atoms with Crippen molar-refractivity contribution in [1.29, 1.82) is 0 Å². The van der Waals surface area contributed by atoms with Gasteiger partial charge in [0.05, 0.1) is 5.69 Å². The first kappa shape index (κ1) is 13.4. The van der Waals surface area contributed by atoms with E-state index in [9.17, 15) is 9.59 Å². The van der Waals surface area contributed by atoms with Gasteiger partial charge in [0.1, 0.15) is 0 Å². The molecule has 4 N–H and O–H groups in total. The van der Waals surface area contributed by atoms with Crippen LogP contribution in [0.1, 0.15) is 23.9 Å². The standard InChI is InChI=1S/C10H16N4O2S/c1-5(4-8(11)15)12-9(16)14-10-13-6(2)7(3)17-10/h5H,4H2,1-3H3,(H2,11,15)(H2,12,13,14,16)/t5-/m0/s1. The summed E-state index contributed by atoms with van der Waals surface area (Å²) in [4.78, 5) is 27.4. The zero-order chi connectivity index (χ0) is 13.0. The van der Waals surface area contributed by atoms with Gasteiger partial charge in [-0.25, -0.2) is 9.78 Å². The number of hydrogen-bond donors (Lipinski definition) is 3. The molecule has 1 heterocycles. The van der Waals surface area contributed by atoms with E-state index in [1.807, 2.05) is 13.8 Å². The van der Waals surface area contributed by atoms with Gasteiger partial charge in [0.25, 0.3) is 0 Å². The number of aryl methyl sites for hydroxylation is 2. The maximum Gasteiger partial charge on any atom is 0.321 e. The minimum atomic E-state index is -0.446. The highest BCUT2D eigenvalue weighted by Gasteiger charge is 2.11. The summed E-state index contributed by atoms with van der Waals surface area (Å²) in [5.74, 6) is -0.446. The molecule has 3 amide bonds. The van der Waals surface area contributed by atoms with E-state index in [4.69, 9.17) is 5.73 Å². The zero-order valence-corrected chi connectivity index (χ0v) is 10.9. The minimum Gasteiger partial charge on any atom is -0.370 e. The van der Waals surface area contributed by atoms with Crippen molar-refractivity contribution in [2.45, 2.75) is 33.2 Å². The molecule has 6 nitrogen and oxygen atoms in total. The first-order valence-corrected chi connectivity index (χ1v) is 6.00. The monoisotopic (exact) mass is 256 g/mol. The number of nitrogens with one attached hydrogen (secondary N) is 2. The van der Waals surface area contributed by atoms with E-state index in [2.05, 4.69) is 15.6 Å². The molecule has 1 atom stereocenters. The summed E-state index contributed by atoms with van der Waals surface area (Å²) in [7, 11) is 0. The summed E-state index contributed by atoms with van der Waals surface area (Å²) >= 11 is 1.41. The van der Waals surface area contributed by atoms with Crippen LogP contribution in [0.15, 0.2) is 0 Å². The minimum absolute atomic E-state index is 0.114. The quantitative estimate of drug-likeness (QED) is 0.753. The van der Waals surface area contributed by atoms with Crippen LogP contribution in [0.3, 0.4) is 0 Å². The third-order valence-corrected chi connectivity index (χ3v) is 3.12. The molecular weight excluding hydrogens is 240 g/mol. The van der Waals surface area contributed by atoms with Crippen LogP contribution in [0, 0.1) is 13.8 Å². The van der Waals surface area contributed by atoms with Crippen molar-refractivity contribution in [2.75, 3.05) is 5.32 Å². The summed E-state index contributed by atoms with van der Waals surface area (Å²) in [5, 5.41) is 5.76. The molecule has 94 valence electrons. The second kappa shape index (κ2) is 5.62. The Morgan fingerprint density at radius 2 is 2.12 bits per heavy atom. The SMILES string of the molecule is Cc1nc(NC(=O)N[C@@H](C)CC(N)=O)sc1C. The maximum atomic E-state index is 11.5. The van der Waals surface area contributed by atoms with Crippen molar-refractivity contribution in [1.82, 2.24) is 10.3 Å². The van der Waals surface area contributed by atoms with Crippen LogP contribution < -0.4 is 16.4 Å². The fourth-order valence-corrected chi connectivity index (χ4v) is 2.05. The van der Waals surface area contributed by atoms with Crippen molar-refractivity contribution in [3.8, 4) is 0 Å². The van der Waals surface area contributed by atoms with Crippen molar-refractivity contribution in [3.63, 3.8) is 0 Å². The molecule has 0 saturated heterocycles. The molecule has 0 unspecified atom stereocenters. The zero-order valence-electron chi connectivity index (χ0n) is 10.0. The van der Waals surface area contributed by atoms with Crippen LogP contribution in [0.25, 0.3) is 0 Å². The fraction of sp³-hybridized carbons (Fsp3) is 0.500. The molecule has 0 radical (unpaired) electrons. The van der Waals surface area contributed by atoms with Gasteiger partial charge in [-0.05, 0) is 20.8 Å². The van der Waals surface area contributed by atoms with Crippen LogP contribution in [0.5, 0.6) is 0 Å². The highest BCUT2D eigenvalue weighted by molar-refractivity contribution is 7.15. The second-order valence-electron chi connectivity index (χ2n) is 3.83. The van der Waals surface area contributed by atoms with Crippen LogP contribution in [-0.2, 0) is 4.79 Å². The summed E-state index contributed by atoms with van der Waals surface area (Å²) in [6.45, 7) is 5.53. The van der Waals surface area contributed by atoms with E-state index in [1.165, 1.54) is 11.3 Å². The number of primary amides is 1. The van der Waals surface area contributed by atoms with Crippen molar-refractivity contribution >= 4 is 28.4 Å². The van der Waals surface area contributed by atoms with Gasteiger partial charge < -0.3 is 11.1 Å². The third kappa shape index (κ3) is 4.39. The Morgan fingerprint density at radius 1 is 1.47 bits per heavy atom. The molecule has 0 saturated carbocycles. The molecule has 0 fully saturated rings. The van der Waals surface area contributed by atoms with Crippen LogP contribution in [0.2, 0.25) is 0 Å². The lowest BCUT2D eigenvalue weighted by atomic mass is 10.2. The van der Waals surface area contributed by atoms with E-state index in [0.29, 0.717) is 5.13 Å². The van der Waals surface area contributed by atoms with Gasteiger partial charge in [-0.15, -0.1) is 11.3 Å². The molecular formula is C10H16N4O2S. The number of hydrogen-bond acceptors (Lipinski definition) is 4. The lowest BCUT2D eigenvalue weighted by molar-refractivity contribution is -0.118. The number of urea groups is 1. The molecule has 7 heteroatoms. The first-order valence-electron chi connectivity index (χ1n) is 5.18. The summed E-state index contributed by atoms with van der Waals surface area (Å²) in [5.41, 5.74) is 5.92. The van der Waals surface area contributed by atoms with Gasteiger partial charge in [0.15, 0.2) is 5.13 Å². The lowest BCUT2D eigenvalue weighted by Gasteiger charge is -2.11. The van der Waals surface area contributed by atoms with Gasteiger partial charge in [0, 0.05) is 17.3 Å². The topological polar surface area (TPSA) is 97.1 Å². The van der Waals surface area contributed by atoms with Crippen LogP contribution >= 0.6 is 11.3 Å². The average molecular weight is 256 g/mol. The van der Waals surface area contributed by atoms with E-state index >= 15 is 0 Å². The molecule has 0 aromatic carbocycles. The summed E-state index contributed by atoms with van der Waals surface area (Å²) in [6.07, 6.45) is 0.114. The summed E-state index contributed by atoms with van der Waals surface area (Å²) in [6, 6.07) is -0.679. The Morgan fingerprint density at radius 3 is 2.59 bits per heavy atom. The molecule has 17 heavy (non-hydrogen) atoms. The van der Waals surface area contributed by atoms with Gasteiger partial charge in [0.2, 0.25) is 5.91 Å². The predicted molar refractivity (Wildman–Crippen MR) is 67.0 cm³/mol. The number of carbonyl (C=O) groups excluding carboxylic acids is 2. The van der Waals surface area contributed by atoms with Gasteiger partial charge in [-0.2, -0.15) is 0 Å². The molecule has 0 aliphatic heterocycles. The number of carbonyl (C=O) groups is 2. The number of amides is 3. The molecule has 0 aliphatic rings. The molecule has 1 rings (SSSR count). The number of nitrogens with two attached hydrogens (primary N) is 1. The number of aromatic nitrogens is 1. The van der Waals surface area contributed by atoms with E-state index in [1.54, 1.807) is 6.92 Å². The molecule has 0 spiro atoms. The molecule has 1 aromatic heterocycles. The van der Waals surface area contributed by atoms with E-state index < -0.39 is 5.91 Å². The highest BCUT2D eigenvalue weighted by atomic mass is 32.1. The van der Waals surface area contributed by atoms with Crippen LogP contribution in [-0.4, -0.2) is 23.0 Å². The first-order chi connectivity index (χ1) is 7.88. The number of thiazole rings is 1. The molecule has 1 aromatic rings. The maximum absolute atomic E-state index is 11.5. The largest absolute Gasteiger partial charge is 0.370 e. The number of anilines is 1. The second-order valence-corrected chi connectivity index (χ2v) is 5.03. The normalized spacial score (nSPS) is 11.9. The van der Waals surface area contributed by atoms with Crippen molar-refractivity contribution in [2.24, 2.45) is 5.73 Å². The summed E-state index contributed by atoms with van der Waals surface area (Å²) < 4.78 is 0. The Kier molecular flexibility index (Phi) is 4.45. The van der Waals surface area contributed by atoms with Crippen molar-refractivity contribution < 1.29 is 9.59 Å².